The number of hydrogen-bond donors (Lipinski definition) is 5. The SMILES string of the molecule is Cc1cc(NCCN)c2c(O)c3c(O)cc(=O)c4c3c3c(cc(=O)c1c23)C(C)(C)C=4O. The third-order valence-corrected chi connectivity index (χ3v) is 6.52. The second-order valence-corrected chi connectivity index (χ2v) is 8.72. The number of nitrogens with two attached hydrogens (primary N) is 1. The molecule has 1 aliphatic rings. The van der Waals surface area contributed by atoms with E-state index in [-0.39, 0.29) is 38.7 Å². The minimum atomic E-state index is -1.01. The summed E-state index contributed by atoms with van der Waals surface area (Å²) in [5, 5.41) is 38.5. The quantitative estimate of drug-likeness (QED) is 0.254. The molecule has 6 N–H and O–H groups in total. The van der Waals surface area contributed by atoms with Gasteiger partial charge in [0.25, 0.3) is 0 Å². The van der Waals surface area contributed by atoms with Gasteiger partial charge in [-0.1, -0.05) is 0 Å². The number of phenols is 2. The van der Waals surface area contributed by atoms with Crippen LogP contribution in [0, 0.1) is 6.92 Å². The van der Waals surface area contributed by atoms with Crippen LogP contribution in [0.2, 0.25) is 0 Å². The summed E-state index contributed by atoms with van der Waals surface area (Å²) in [6.45, 7) is 6.10. The van der Waals surface area contributed by atoms with Crippen molar-refractivity contribution in [1.29, 1.82) is 0 Å². The van der Waals surface area contributed by atoms with E-state index in [0.717, 1.165) is 6.07 Å². The van der Waals surface area contributed by atoms with Crippen LogP contribution in [-0.4, -0.2) is 28.4 Å². The van der Waals surface area contributed by atoms with Crippen LogP contribution in [0.1, 0.15) is 25.0 Å². The van der Waals surface area contributed by atoms with Crippen LogP contribution in [0.15, 0.2) is 27.8 Å². The Bertz CT molecular complexity index is 1620. The van der Waals surface area contributed by atoms with Gasteiger partial charge in [0.05, 0.1) is 10.6 Å². The second-order valence-electron chi connectivity index (χ2n) is 8.72. The molecular weight excluding hydrogens is 396 g/mol. The van der Waals surface area contributed by atoms with Crippen LogP contribution in [0.3, 0.4) is 0 Å². The Kier molecular flexibility index (Phi) is 3.74. The summed E-state index contributed by atoms with van der Waals surface area (Å²) < 4.78 is 0. The van der Waals surface area contributed by atoms with Gasteiger partial charge in [0.2, 0.25) is 0 Å². The molecule has 0 aromatic heterocycles. The molecule has 0 saturated heterocycles. The van der Waals surface area contributed by atoms with Crippen LogP contribution in [0.5, 0.6) is 11.5 Å². The first kappa shape index (κ1) is 19.4. The van der Waals surface area contributed by atoms with E-state index in [9.17, 15) is 24.9 Å². The lowest BCUT2D eigenvalue weighted by Crippen LogP contribution is -2.38. The Morgan fingerprint density at radius 3 is 2.29 bits per heavy atom. The van der Waals surface area contributed by atoms with Crippen LogP contribution < -0.4 is 27.1 Å². The summed E-state index contributed by atoms with van der Waals surface area (Å²) in [6, 6.07) is 4.27. The van der Waals surface area contributed by atoms with E-state index in [1.165, 1.54) is 6.07 Å². The van der Waals surface area contributed by atoms with Crippen molar-refractivity contribution >= 4 is 43.8 Å². The highest BCUT2D eigenvalue weighted by Gasteiger charge is 2.37. The molecule has 1 aliphatic carbocycles. The fourth-order valence-corrected chi connectivity index (χ4v) is 5.07. The van der Waals surface area contributed by atoms with E-state index in [1.807, 2.05) is 6.92 Å². The summed E-state index contributed by atoms with van der Waals surface area (Å²) in [4.78, 5) is 26.0. The summed E-state index contributed by atoms with van der Waals surface area (Å²) in [7, 11) is 0. The first-order chi connectivity index (χ1) is 14.6. The predicted octanol–water partition coefficient (Wildman–Crippen LogP) is 2.07. The largest absolute Gasteiger partial charge is 0.511 e. The standard InChI is InChI=1S/C24H22N2O5/c1-9-6-11(26-5-4-25)17-20-15(9)12(27)7-10-16(20)21-18(22(17)30)13(28)8-14(29)19(21)23(31)24(10,2)3/h6-8,26,28,30-31H,4-5,25H2,1-3H3. The summed E-state index contributed by atoms with van der Waals surface area (Å²) in [5.74, 6) is -0.824. The number of anilines is 1. The van der Waals surface area contributed by atoms with Gasteiger partial charge in [0.15, 0.2) is 10.9 Å². The van der Waals surface area contributed by atoms with Crippen LogP contribution in [0.4, 0.5) is 5.69 Å². The highest BCUT2D eigenvalue weighted by molar-refractivity contribution is 6.30. The Hall–Kier alpha value is -3.58. The average Bonchev–Trinajstić information content (AvgIpc) is 2.69. The first-order valence-electron chi connectivity index (χ1n) is 10.1. The fourth-order valence-electron chi connectivity index (χ4n) is 5.07. The molecule has 0 aliphatic heterocycles. The van der Waals surface area contributed by atoms with Crippen molar-refractivity contribution in [3.63, 3.8) is 0 Å². The maximum Gasteiger partial charge on any atom is 0.193 e. The number of phenolic OH excluding ortho intramolecular Hbond substituents is 2. The van der Waals surface area contributed by atoms with Gasteiger partial charge in [-0.2, -0.15) is 0 Å². The van der Waals surface area contributed by atoms with Crippen LogP contribution >= 0.6 is 0 Å². The van der Waals surface area contributed by atoms with Crippen molar-refractivity contribution in [2.45, 2.75) is 26.2 Å². The molecule has 0 radical (unpaired) electrons. The lowest BCUT2D eigenvalue weighted by atomic mass is 9.73. The molecule has 0 unspecified atom stereocenters. The zero-order chi connectivity index (χ0) is 22.4. The Labute approximate surface area is 176 Å². The monoisotopic (exact) mass is 418 g/mol. The molecule has 5 rings (SSSR count). The number of rotatable bonds is 3. The van der Waals surface area contributed by atoms with Gasteiger partial charge in [-0.25, -0.2) is 0 Å². The minimum absolute atomic E-state index is 0.0421. The predicted molar refractivity (Wildman–Crippen MR) is 123 cm³/mol. The Morgan fingerprint density at radius 1 is 0.903 bits per heavy atom. The molecule has 0 atom stereocenters. The van der Waals surface area contributed by atoms with Crippen molar-refractivity contribution < 1.29 is 15.3 Å². The Morgan fingerprint density at radius 2 is 1.61 bits per heavy atom. The van der Waals surface area contributed by atoms with E-state index >= 15 is 0 Å². The smallest absolute Gasteiger partial charge is 0.193 e. The normalized spacial score (nSPS) is 14.9. The molecule has 0 spiro atoms. The summed E-state index contributed by atoms with van der Waals surface area (Å²) >= 11 is 0. The van der Waals surface area contributed by atoms with Gasteiger partial charge in [-0.3, -0.25) is 9.59 Å². The molecule has 0 amide bonds. The zero-order valence-electron chi connectivity index (χ0n) is 17.4. The molecule has 7 heteroatoms. The lowest BCUT2D eigenvalue weighted by Gasteiger charge is -2.31. The van der Waals surface area contributed by atoms with E-state index in [4.69, 9.17) is 5.73 Å². The van der Waals surface area contributed by atoms with Crippen molar-refractivity contribution in [3.8, 4) is 11.5 Å². The van der Waals surface area contributed by atoms with Gasteiger partial charge in [-0.15, -0.1) is 0 Å². The number of nitrogens with one attached hydrogen (secondary N) is 1. The number of hydrogen-bond acceptors (Lipinski definition) is 7. The molecular formula is C24H22N2O5. The van der Waals surface area contributed by atoms with Crippen LogP contribution in [0.25, 0.3) is 38.1 Å². The number of aliphatic hydroxyl groups is 1. The number of aryl methyl sites for hydroxylation is 1. The molecule has 4 aromatic rings. The maximum atomic E-state index is 13.2. The number of aromatic hydroxyl groups is 2. The van der Waals surface area contributed by atoms with E-state index in [2.05, 4.69) is 5.32 Å². The van der Waals surface area contributed by atoms with E-state index in [1.54, 1.807) is 19.9 Å². The lowest BCUT2D eigenvalue weighted by molar-refractivity contribution is 0.415. The van der Waals surface area contributed by atoms with Gasteiger partial charge >= 0.3 is 0 Å². The van der Waals surface area contributed by atoms with Crippen LogP contribution in [-0.2, 0) is 5.41 Å². The molecule has 0 saturated carbocycles. The third-order valence-electron chi connectivity index (χ3n) is 6.52. The van der Waals surface area contributed by atoms with E-state index < -0.39 is 10.8 Å². The highest BCUT2D eigenvalue weighted by Crippen LogP contribution is 2.50. The van der Waals surface area contributed by atoms with E-state index in [0.29, 0.717) is 51.4 Å². The summed E-state index contributed by atoms with van der Waals surface area (Å²) in [5.41, 5.74) is 5.70. The topological polar surface area (TPSA) is 133 Å². The van der Waals surface area contributed by atoms with Gasteiger partial charge in [0, 0.05) is 51.8 Å². The van der Waals surface area contributed by atoms with Gasteiger partial charge in [0.1, 0.15) is 17.3 Å². The second kappa shape index (κ2) is 5.98. The zero-order valence-corrected chi connectivity index (χ0v) is 17.4. The molecule has 31 heavy (non-hydrogen) atoms. The maximum absolute atomic E-state index is 13.2. The van der Waals surface area contributed by atoms with Crippen molar-refractivity contribution in [3.05, 3.63) is 55.0 Å². The fraction of sp³-hybridized carbons (Fsp3) is 0.250. The third kappa shape index (κ3) is 2.21. The minimum Gasteiger partial charge on any atom is -0.511 e. The molecule has 7 nitrogen and oxygen atoms in total. The highest BCUT2D eigenvalue weighted by atomic mass is 16.3. The number of aliphatic hydroxyl groups excluding tert-OH is 1. The summed E-state index contributed by atoms with van der Waals surface area (Å²) in [6.07, 6.45) is 0. The van der Waals surface area contributed by atoms with Crippen molar-refractivity contribution in [2.75, 3.05) is 18.4 Å². The number of benzene rings is 4. The van der Waals surface area contributed by atoms with Gasteiger partial charge in [-0.05, 0) is 49.4 Å². The first-order valence-corrected chi connectivity index (χ1v) is 10.1. The molecule has 0 bridgehead atoms. The molecule has 0 fully saturated rings. The van der Waals surface area contributed by atoms with Gasteiger partial charge < -0.3 is 26.4 Å². The Balaban J connectivity index is 2.27. The molecule has 0 heterocycles. The molecule has 158 valence electrons. The average molecular weight is 418 g/mol. The molecule has 4 aromatic carbocycles. The van der Waals surface area contributed by atoms with Crippen molar-refractivity contribution in [2.24, 2.45) is 5.73 Å². The van der Waals surface area contributed by atoms with Crippen molar-refractivity contribution in [1.82, 2.24) is 0 Å².